The Labute approximate surface area is 170 Å². The van der Waals surface area contributed by atoms with E-state index in [9.17, 15) is 9.59 Å². The average Bonchev–Trinajstić information content (AvgIpc) is 2.68. The Balaban J connectivity index is 1.60. The van der Waals surface area contributed by atoms with Crippen molar-refractivity contribution >= 4 is 62.7 Å². The molecule has 0 unspecified atom stereocenters. The summed E-state index contributed by atoms with van der Waals surface area (Å²) in [5.41, 5.74) is 2.25. The summed E-state index contributed by atoms with van der Waals surface area (Å²) in [6.45, 7) is 1.57. The zero-order valence-electron chi connectivity index (χ0n) is 13.8. The van der Waals surface area contributed by atoms with Gasteiger partial charge in [0.05, 0.1) is 15.7 Å². The number of nitrogens with one attached hydrogen (secondary N) is 1. The van der Waals surface area contributed by atoms with E-state index in [4.69, 9.17) is 23.2 Å². The molecule has 2 aromatic rings. The Morgan fingerprint density at radius 3 is 2.35 bits per heavy atom. The largest absolute Gasteiger partial charge is 0.371 e. The number of carbonyl (C=O) groups is 2. The Morgan fingerprint density at radius 2 is 1.73 bits per heavy atom. The molecule has 0 aromatic heterocycles. The summed E-state index contributed by atoms with van der Waals surface area (Å²) in [6, 6.07) is 11.0. The van der Waals surface area contributed by atoms with Gasteiger partial charge in [0.2, 0.25) is 5.91 Å². The summed E-state index contributed by atoms with van der Waals surface area (Å²) in [5, 5.41) is 3.61. The first-order chi connectivity index (χ1) is 12.5. The van der Waals surface area contributed by atoms with Gasteiger partial charge in [0.1, 0.15) is 6.29 Å². The molecule has 1 aliphatic rings. The van der Waals surface area contributed by atoms with Crippen LogP contribution in [0.2, 0.25) is 10.0 Å². The fourth-order valence-corrected chi connectivity index (χ4v) is 3.84. The van der Waals surface area contributed by atoms with Crippen LogP contribution in [0.5, 0.6) is 0 Å². The molecule has 0 radical (unpaired) electrons. The molecule has 0 bridgehead atoms. The minimum Gasteiger partial charge on any atom is -0.371 e. The van der Waals surface area contributed by atoms with Crippen molar-refractivity contribution in [1.29, 1.82) is 0 Å². The summed E-state index contributed by atoms with van der Waals surface area (Å²) in [6.07, 6.45) is 2.34. The molecule has 0 saturated carbocycles. The van der Waals surface area contributed by atoms with Gasteiger partial charge in [-0.25, -0.2) is 0 Å². The van der Waals surface area contributed by atoms with Crippen molar-refractivity contribution in [2.45, 2.75) is 12.8 Å². The average molecular weight is 456 g/mol. The number of nitrogens with zero attached hydrogens (tertiary/aromatic N) is 1. The molecular formula is C19H17BrCl2N2O2. The van der Waals surface area contributed by atoms with Gasteiger partial charge in [0.15, 0.2) is 0 Å². The van der Waals surface area contributed by atoms with Gasteiger partial charge in [0.25, 0.3) is 0 Å². The zero-order chi connectivity index (χ0) is 18.7. The molecule has 136 valence electrons. The maximum Gasteiger partial charge on any atom is 0.227 e. The summed E-state index contributed by atoms with van der Waals surface area (Å²) in [4.78, 5) is 25.5. The maximum atomic E-state index is 12.6. The highest BCUT2D eigenvalue weighted by molar-refractivity contribution is 9.10. The van der Waals surface area contributed by atoms with Crippen molar-refractivity contribution in [3.8, 4) is 0 Å². The second kappa shape index (κ2) is 8.42. The van der Waals surface area contributed by atoms with Gasteiger partial charge in [-0.05, 0) is 65.2 Å². The van der Waals surface area contributed by atoms with Crippen molar-refractivity contribution in [3.63, 3.8) is 0 Å². The van der Waals surface area contributed by atoms with E-state index in [0.29, 0.717) is 25.8 Å². The van der Waals surface area contributed by atoms with Gasteiger partial charge in [-0.3, -0.25) is 9.59 Å². The molecule has 1 N–H and O–H groups in total. The normalized spacial score (nSPS) is 15.0. The standard InChI is InChI=1S/C19H17BrCl2N2O2/c20-15-5-6-16(18(22)17(15)21)23-19(26)13-7-9-24(10-8-13)14-3-1-12(11-25)2-4-14/h1-6,11,13H,7-10H2,(H,23,26). The van der Waals surface area contributed by atoms with Crippen LogP contribution in [0.1, 0.15) is 23.2 Å². The lowest BCUT2D eigenvalue weighted by molar-refractivity contribution is -0.120. The minimum atomic E-state index is -0.0704. The number of rotatable bonds is 4. The zero-order valence-corrected chi connectivity index (χ0v) is 16.9. The predicted molar refractivity (Wildman–Crippen MR) is 110 cm³/mol. The Morgan fingerprint density at radius 1 is 1.08 bits per heavy atom. The lowest BCUT2D eigenvalue weighted by Crippen LogP contribution is -2.38. The summed E-state index contributed by atoms with van der Waals surface area (Å²) in [7, 11) is 0. The number of hydrogen-bond donors (Lipinski definition) is 1. The number of aldehydes is 1. The van der Waals surface area contributed by atoms with Crippen LogP contribution in [0.25, 0.3) is 0 Å². The summed E-state index contributed by atoms with van der Waals surface area (Å²) < 4.78 is 0.691. The summed E-state index contributed by atoms with van der Waals surface area (Å²) >= 11 is 15.6. The van der Waals surface area contributed by atoms with Crippen molar-refractivity contribution in [2.24, 2.45) is 5.92 Å². The van der Waals surface area contributed by atoms with Crippen molar-refractivity contribution in [3.05, 3.63) is 56.5 Å². The first-order valence-corrected chi connectivity index (χ1v) is 9.79. The molecule has 7 heteroatoms. The molecule has 1 saturated heterocycles. The predicted octanol–water partition coefficient (Wildman–Crippen LogP) is 5.42. The first-order valence-electron chi connectivity index (χ1n) is 8.24. The molecule has 0 spiro atoms. The van der Waals surface area contributed by atoms with Gasteiger partial charge in [0, 0.05) is 34.7 Å². The van der Waals surface area contributed by atoms with Crippen LogP contribution in [0.3, 0.4) is 0 Å². The third-order valence-electron chi connectivity index (χ3n) is 4.55. The quantitative estimate of drug-likeness (QED) is 0.494. The van der Waals surface area contributed by atoms with Gasteiger partial charge >= 0.3 is 0 Å². The Hall–Kier alpha value is -1.56. The number of amides is 1. The van der Waals surface area contributed by atoms with Crippen LogP contribution in [-0.4, -0.2) is 25.3 Å². The lowest BCUT2D eigenvalue weighted by atomic mass is 9.95. The van der Waals surface area contributed by atoms with Gasteiger partial charge in [-0.1, -0.05) is 23.2 Å². The number of benzene rings is 2. The number of piperidine rings is 1. The van der Waals surface area contributed by atoms with E-state index in [1.54, 1.807) is 24.3 Å². The Bertz CT molecular complexity index is 819. The van der Waals surface area contributed by atoms with Crippen molar-refractivity contribution in [2.75, 3.05) is 23.3 Å². The van der Waals surface area contributed by atoms with E-state index in [1.165, 1.54) is 0 Å². The number of carbonyl (C=O) groups excluding carboxylic acids is 2. The third-order valence-corrected chi connectivity index (χ3v) is 6.32. The number of hydrogen-bond acceptors (Lipinski definition) is 3. The fraction of sp³-hybridized carbons (Fsp3) is 0.263. The van der Waals surface area contributed by atoms with Crippen LogP contribution in [-0.2, 0) is 4.79 Å². The van der Waals surface area contributed by atoms with E-state index in [0.717, 1.165) is 37.9 Å². The van der Waals surface area contributed by atoms with Gasteiger partial charge < -0.3 is 10.2 Å². The molecule has 26 heavy (non-hydrogen) atoms. The molecule has 0 atom stereocenters. The monoisotopic (exact) mass is 454 g/mol. The van der Waals surface area contributed by atoms with Crippen molar-refractivity contribution in [1.82, 2.24) is 0 Å². The maximum absolute atomic E-state index is 12.6. The highest BCUT2D eigenvalue weighted by atomic mass is 79.9. The van der Waals surface area contributed by atoms with Crippen LogP contribution >= 0.6 is 39.1 Å². The highest BCUT2D eigenvalue weighted by Crippen LogP contribution is 2.36. The van der Waals surface area contributed by atoms with E-state index >= 15 is 0 Å². The highest BCUT2D eigenvalue weighted by Gasteiger charge is 2.26. The molecule has 1 aliphatic heterocycles. The van der Waals surface area contributed by atoms with Gasteiger partial charge in [-0.2, -0.15) is 0 Å². The Kier molecular flexibility index (Phi) is 6.22. The summed E-state index contributed by atoms with van der Waals surface area (Å²) in [5.74, 6) is -0.111. The molecule has 1 amide bonds. The van der Waals surface area contributed by atoms with Crippen molar-refractivity contribution < 1.29 is 9.59 Å². The van der Waals surface area contributed by atoms with E-state index < -0.39 is 0 Å². The van der Waals surface area contributed by atoms with E-state index in [1.807, 2.05) is 12.1 Å². The fourth-order valence-electron chi connectivity index (χ4n) is 3.02. The number of anilines is 2. The topological polar surface area (TPSA) is 49.4 Å². The first kappa shape index (κ1) is 19.2. The van der Waals surface area contributed by atoms with Crippen LogP contribution < -0.4 is 10.2 Å². The van der Waals surface area contributed by atoms with E-state index in [2.05, 4.69) is 26.1 Å². The van der Waals surface area contributed by atoms with E-state index in [-0.39, 0.29) is 11.8 Å². The lowest BCUT2D eigenvalue weighted by Gasteiger charge is -2.33. The second-order valence-electron chi connectivity index (χ2n) is 6.18. The smallest absolute Gasteiger partial charge is 0.227 e. The molecule has 4 nitrogen and oxygen atoms in total. The molecule has 1 heterocycles. The molecule has 2 aromatic carbocycles. The van der Waals surface area contributed by atoms with Gasteiger partial charge in [-0.15, -0.1) is 0 Å². The molecule has 0 aliphatic carbocycles. The van der Waals surface area contributed by atoms with Crippen LogP contribution in [0.15, 0.2) is 40.9 Å². The minimum absolute atomic E-state index is 0.0405. The molecule has 3 rings (SSSR count). The molecular weight excluding hydrogens is 439 g/mol. The third kappa shape index (κ3) is 4.22. The molecule has 1 fully saturated rings. The number of halogens is 3. The second-order valence-corrected chi connectivity index (χ2v) is 7.79. The SMILES string of the molecule is O=Cc1ccc(N2CCC(C(=O)Nc3ccc(Br)c(Cl)c3Cl)CC2)cc1. The van der Waals surface area contributed by atoms with Crippen LogP contribution in [0.4, 0.5) is 11.4 Å². The van der Waals surface area contributed by atoms with Crippen LogP contribution in [0, 0.1) is 5.92 Å².